The first kappa shape index (κ1) is 20.3. The Bertz CT molecular complexity index is 1390. The molecule has 0 unspecified atom stereocenters. The number of carbonyl (C=O) groups excluding carboxylic acids is 1. The lowest BCUT2D eigenvalue weighted by atomic mass is 10.00. The number of hydrogen-bond donors (Lipinski definition) is 2. The summed E-state index contributed by atoms with van der Waals surface area (Å²) < 4.78 is 23.4. The third kappa shape index (κ3) is 3.75. The topological polar surface area (TPSA) is 106 Å². The van der Waals surface area contributed by atoms with Gasteiger partial charge in [-0.1, -0.05) is 30.7 Å². The van der Waals surface area contributed by atoms with Crippen molar-refractivity contribution in [2.24, 2.45) is 5.14 Å². The molecule has 2 heterocycles. The monoisotopic (exact) mass is 439 g/mol. The van der Waals surface area contributed by atoms with Crippen LogP contribution >= 0.6 is 11.6 Å². The Kier molecular flexibility index (Phi) is 5.19. The van der Waals surface area contributed by atoms with Crippen LogP contribution in [0.3, 0.4) is 0 Å². The van der Waals surface area contributed by atoms with E-state index in [0.717, 1.165) is 34.1 Å². The van der Waals surface area contributed by atoms with Gasteiger partial charge in [0, 0.05) is 45.7 Å². The van der Waals surface area contributed by atoms with E-state index in [1.54, 1.807) is 18.3 Å². The Balaban J connectivity index is 1.74. The number of ketones is 1. The number of hydrogen-bond acceptors (Lipinski definition) is 4. The van der Waals surface area contributed by atoms with Gasteiger partial charge in [0.25, 0.3) is 0 Å². The highest BCUT2D eigenvalue weighted by Gasteiger charge is 2.18. The molecule has 0 fully saturated rings. The van der Waals surface area contributed by atoms with Gasteiger partial charge >= 0.3 is 0 Å². The lowest BCUT2D eigenvalue weighted by Gasteiger charge is -2.06. The summed E-state index contributed by atoms with van der Waals surface area (Å²) in [5, 5.41) is 6.13. The van der Waals surface area contributed by atoms with Crippen molar-refractivity contribution in [3.05, 3.63) is 82.8 Å². The van der Waals surface area contributed by atoms with E-state index in [1.807, 2.05) is 24.4 Å². The highest BCUT2D eigenvalue weighted by molar-refractivity contribution is 7.89. The summed E-state index contributed by atoms with van der Waals surface area (Å²) in [5.41, 5.74) is 4.47. The van der Waals surface area contributed by atoms with Crippen molar-refractivity contribution >= 4 is 38.3 Å². The molecule has 0 aliphatic heterocycles. The second-order valence-electron chi connectivity index (χ2n) is 6.87. The maximum absolute atomic E-state index is 12.9. The highest BCUT2D eigenvalue weighted by Crippen LogP contribution is 2.30. The molecule has 30 heavy (non-hydrogen) atoms. The van der Waals surface area contributed by atoms with E-state index >= 15 is 0 Å². The van der Waals surface area contributed by atoms with E-state index in [1.165, 1.54) is 18.2 Å². The molecule has 0 aliphatic rings. The Hall–Kier alpha value is -3.00. The van der Waals surface area contributed by atoms with Gasteiger partial charge < -0.3 is 4.98 Å². The molecule has 0 saturated heterocycles. The van der Waals surface area contributed by atoms with Crippen molar-refractivity contribution in [3.8, 4) is 11.1 Å². The SMILES string of the molecule is CCc1cc(-c2c[nH]c3cc(C(=O)c4ccc(Cl)c(S(N)(=O)=O)c4)ccc23)ccn1. The van der Waals surface area contributed by atoms with Crippen LogP contribution in [0.1, 0.15) is 28.5 Å². The third-order valence-electron chi connectivity index (χ3n) is 4.93. The zero-order valence-electron chi connectivity index (χ0n) is 16.0. The minimum absolute atomic E-state index is 0.0256. The number of halogens is 1. The normalized spacial score (nSPS) is 11.7. The second-order valence-corrected chi connectivity index (χ2v) is 8.81. The molecule has 4 aromatic rings. The summed E-state index contributed by atoms with van der Waals surface area (Å²) in [7, 11) is -4.03. The second kappa shape index (κ2) is 7.68. The van der Waals surface area contributed by atoms with Gasteiger partial charge in [-0.25, -0.2) is 13.6 Å². The third-order valence-corrected chi connectivity index (χ3v) is 6.33. The van der Waals surface area contributed by atoms with E-state index in [-0.39, 0.29) is 21.3 Å². The first-order valence-corrected chi connectivity index (χ1v) is 11.1. The van der Waals surface area contributed by atoms with E-state index in [0.29, 0.717) is 5.56 Å². The van der Waals surface area contributed by atoms with Crippen LogP contribution in [0.4, 0.5) is 0 Å². The fourth-order valence-corrected chi connectivity index (χ4v) is 4.45. The fourth-order valence-electron chi connectivity index (χ4n) is 3.37. The maximum atomic E-state index is 12.9. The van der Waals surface area contributed by atoms with Crippen LogP contribution in [0, 0.1) is 0 Å². The molecule has 8 heteroatoms. The van der Waals surface area contributed by atoms with E-state index in [9.17, 15) is 13.2 Å². The number of pyridine rings is 1. The predicted molar refractivity (Wildman–Crippen MR) is 117 cm³/mol. The quantitative estimate of drug-likeness (QED) is 0.451. The Labute approximate surface area is 178 Å². The summed E-state index contributed by atoms with van der Waals surface area (Å²) in [6.07, 6.45) is 4.53. The zero-order chi connectivity index (χ0) is 21.5. The minimum Gasteiger partial charge on any atom is -0.361 e. The number of rotatable bonds is 5. The van der Waals surface area contributed by atoms with Crippen molar-refractivity contribution in [3.63, 3.8) is 0 Å². The summed E-state index contributed by atoms with van der Waals surface area (Å²) >= 11 is 5.91. The molecule has 2 aromatic heterocycles. The molecule has 0 bridgehead atoms. The van der Waals surface area contributed by atoms with Gasteiger partial charge in [-0.05, 0) is 48.4 Å². The maximum Gasteiger partial charge on any atom is 0.239 e. The van der Waals surface area contributed by atoms with Crippen molar-refractivity contribution in [1.82, 2.24) is 9.97 Å². The van der Waals surface area contributed by atoms with Crippen LogP contribution in [-0.2, 0) is 16.4 Å². The van der Waals surface area contributed by atoms with Crippen molar-refractivity contribution < 1.29 is 13.2 Å². The largest absolute Gasteiger partial charge is 0.361 e. The molecule has 3 N–H and O–H groups in total. The molecule has 0 radical (unpaired) electrons. The summed E-state index contributed by atoms with van der Waals surface area (Å²) in [6, 6.07) is 13.4. The molecular weight excluding hydrogens is 422 g/mol. The number of H-pyrrole nitrogens is 1. The molecule has 0 saturated carbocycles. The van der Waals surface area contributed by atoms with Crippen molar-refractivity contribution in [2.75, 3.05) is 0 Å². The van der Waals surface area contributed by atoms with Gasteiger partial charge in [0.1, 0.15) is 4.90 Å². The minimum atomic E-state index is -4.03. The van der Waals surface area contributed by atoms with Gasteiger partial charge in [-0.2, -0.15) is 0 Å². The van der Waals surface area contributed by atoms with E-state index in [4.69, 9.17) is 16.7 Å². The Morgan fingerprint density at radius 2 is 1.83 bits per heavy atom. The Morgan fingerprint density at radius 3 is 2.57 bits per heavy atom. The zero-order valence-corrected chi connectivity index (χ0v) is 17.6. The van der Waals surface area contributed by atoms with Crippen LogP contribution < -0.4 is 5.14 Å². The highest BCUT2D eigenvalue weighted by atomic mass is 35.5. The van der Waals surface area contributed by atoms with Crippen LogP contribution in [0.15, 0.2) is 65.8 Å². The molecule has 0 spiro atoms. The number of aromatic nitrogens is 2. The first-order chi connectivity index (χ1) is 14.3. The summed E-state index contributed by atoms with van der Waals surface area (Å²) in [5.74, 6) is -0.327. The van der Waals surface area contributed by atoms with Gasteiger partial charge in [0.05, 0.1) is 5.02 Å². The van der Waals surface area contributed by atoms with Crippen LogP contribution in [-0.4, -0.2) is 24.2 Å². The average Bonchev–Trinajstić information content (AvgIpc) is 3.16. The average molecular weight is 440 g/mol. The molecule has 0 atom stereocenters. The predicted octanol–water partition coefficient (Wildman–Crippen LogP) is 4.32. The van der Waals surface area contributed by atoms with Crippen LogP contribution in [0.2, 0.25) is 5.02 Å². The van der Waals surface area contributed by atoms with E-state index in [2.05, 4.69) is 16.9 Å². The molecule has 4 rings (SSSR count). The van der Waals surface area contributed by atoms with Gasteiger partial charge in [-0.15, -0.1) is 0 Å². The van der Waals surface area contributed by atoms with Gasteiger partial charge in [0.15, 0.2) is 5.78 Å². The number of carbonyl (C=O) groups is 1. The lowest BCUT2D eigenvalue weighted by molar-refractivity contribution is 0.103. The number of nitrogens with one attached hydrogen (secondary N) is 1. The molecule has 6 nitrogen and oxygen atoms in total. The number of benzene rings is 2. The number of primary sulfonamides is 1. The summed E-state index contributed by atoms with van der Waals surface area (Å²) in [4.78, 5) is 20.2. The van der Waals surface area contributed by atoms with E-state index < -0.39 is 10.0 Å². The molecule has 0 aliphatic carbocycles. The number of fused-ring (bicyclic) bond motifs is 1. The Morgan fingerprint density at radius 1 is 1.10 bits per heavy atom. The molecular formula is C22H18ClN3O3S. The number of nitrogens with two attached hydrogens (primary N) is 1. The first-order valence-electron chi connectivity index (χ1n) is 9.21. The molecule has 0 amide bonds. The number of aryl methyl sites for hydroxylation is 1. The smallest absolute Gasteiger partial charge is 0.239 e. The van der Waals surface area contributed by atoms with Crippen LogP contribution in [0.5, 0.6) is 0 Å². The molecule has 2 aromatic carbocycles. The summed E-state index contributed by atoms with van der Waals surface area (Å²) in [6.45, 7) is 2.05. The number of sulfonamides is 1. The fraction of sp³-hybridized carbons (Fsp3) is 0.0909. The van der Waals surface area contributed by atoms with Gasteiger partial charge in [-0.3, -0.25) is 9.78 Å². The standard InChI is InChI=1S/C22H18ClN3O3S/c1-2-16-9-13(7-8-25-16)18-12-26-20-10-14(3-5-17(18)20)22(27)15-4-6-19(23)21(11-15)30(24,28)29/h3-12,26H,2H2,1H3,(H2,24,28,29). The number of aromatic amines is 1. The van der Waals surface area contributed by atoms with Crippen molar-refractivity contribution in [1.29, 1.82) is 0 Å². The van der Waals surface area contributed by atoms with Crippen molar-refractivity contribution in [2.45, 2.75) is 18.2 Å². The van der Waals surface area contributed by atoms with Crippen LogP contribution in [0.25, 0.3) is 22.0 Å². The lowest BCUT2D eigenvalue weighted by Crippen LogP contribution is -2.14. The number of nitrogens with zero attached hydrogens (tertiary/aromatic N) is 1. The molecule has 152 valence electrons. The van der Waals surface area contributed by atoms with Gasteiger partial charge in [0.2, 0.25) is 10.0 Å².